The van der Waals surface area contributed by atoms with Gasteiger partial charge in [-0.3, -0.25) is 65.4 Å². The van der Waals surface area contributed by atoms with Gasteiger partial charge in [0.25, 0.3) is 11.8 Å². The second-order valence-electron chi connectivity index (χ2n) is 17.1. The van der Waals surface area contributed by atoms with Gasteiger partial charge in [0.05, 0.1) is 6.42 Å². The number of carbonyl (C=O) groups excluding carboxylic acids is 7. The fourth-order valence-corrected chi connectivity index (χ4v) is 6.75. The van der Waals surface area contributed by atoms with E-state index in [1.54, 1.807) is 6.92 Å². The molecule has 0 aliphatic carbocycles. The van der Waals surface area contributed by atoms with Crippen molar-refractivity contribution in [2.45, 2.75) is 133 Å². The van der Waals surface area contributed by atoms with Crippen LogP contribution < -0.4 is 93.3 Å². The maximum atomic E-state index is 14.1. The second kappa shape index (κ2) is 37.7. The highest BCUT2D eigenvalue weighted by atomic mass is 16.4. The first-order valence-electron chi connectivity index (χ1n) is 24.1. The highest BCUT2D eigenvalue weighted by Crippen LogP contribution is 2.11. The van der Waals surface area contributed by atoms with Gasteiger partial charge in [0.1, 0.15) is 35.9 Å². The summed E-state index contributed by atoms with van der Waals surface area (Å²) in [5.41, 5.74) is 37.4. The van der Waals surface area contributed by atoms with Crippen LogP contribution in [0.25, 0.3) is 0 Å². The Morgan fingerprint density at radius 3 is 1.15 bits per heavy atom. The Labute approximate surface area is 429 Å². The average molecular weight is 1050 g/mol. The third kappa shape index (κ3) is 32.0. The number of nitrogens with two attached hydrogens (primary N) is 7. The number of unbranched alkanes of at least 4 members (excludes halogenated alkanes) is 1. The van der Waals surface area contributed by atoms with Gasteiger partial charge < -0.3 is 98.4 Å². The Morgan fingerprint density at radius 1 is 0.446 bits per heavy atom. The van der Waals surface area contributed by atoms with E-state index in [0.717, 1.165) is 0 Å². The predicted octanol–water partition coefficient (Wildman–Crippen LogP) is -6.19. The SMILES string of the molecule is CC(CCCCN)C(=O)N[C@@H](CCCNC(=N)N)C(=O)N[C@@H](CCCNC(=N)N)C(=O)/N=C(\CCC(=O)O)C(=O)NC(CCCNC(=N)N)C(=O)N[C@@H](CCCNC(=N)N)C(=O)N[C@@H](CCCNC(=N)N)C(N)=O. The Bertz CT molecular complexity index is 1950. The lowest BCUT2D eigenvalue weighted by Crippen LogP contribution is -2.57. The van der Waals surface area contributed by atoms with E-state index in [-0.39, 0.29) is 121 Å². The molecule has 0 saturated carbocycles. The van der Waals surface area contributed by atoms with Gasteiger partial charge in [0.2, 0.25) is 29.5 Å². The van der Waals surface area contributed by atoms with Gasteiger partial charge in [0.15, 0.2) is 29.8 Å². The van der Waals surface area contributed by atoms with E-state index in [0.29, 0.717) is 25.8 Å². The minimum atomic E-state index is -1.54. The Hall–Kier alpha value is -8.06. The normalized spacial score (nSPS) is 13.4. The Kier molecular flexibility index (Phi) is 33.6. The number of aliphatic carboxylic acids is 1. The van der Waals surface area contributed by atoms with E-state index in [1.165, 1.54) is 0 Å². The molecule has 7 amide bonds. The third-order valence-electron chi connectivity index (χ3n) is 10.7. The van der Waals surface area contributed by atoms with Crippen LogP contribution in [0.3, 0.4) is 0 Å². The summed E-state index contributed by atoms with van der Waals surface area (Å²) in [6, 6.07) is -6.90. The molecule has 0 aromatic heterocycles. The molecule has 2 unspecified atom stereocenters. The standard InChI is InChI=1S/C42H81N23O9/c1-23(9-2-3-17-43)32(69)61-25(11-5-19-56-39(47)48)34(71)63-28(14-8-22-59-42(53)54)36(73)65-29(15-16-30(66)67)37(74)64-27(13-7-21-58-41(51)52)35(72)62-26(12-6-20-57-40(49)50)33(70)60-24(31(44)68)10-4-18-55-38(45)46/h23-28H,2-22,43H2,1H3,(H2,44,68)(H,60,70)(H,61,69)(H,62,72)(H,63,71)(H,64,74)(H,66,67)(H4,45,46,55)(H4,47,48,56)(H4,49,50,57)(H4,51,52,58)(H4,53,54,59)/b65-29+/t23?,24-,25-,26-,27?,28-/m0/s1. The van der Waals surface area contributed by atoms with Crippen molar-refractivity contribution >= 4 is 82.8 Å². The van der Waals surface area contributed by atoms with Gasteiger partial charge in [-0.15, -0.1) is 0 Å². The molecule has 0 radical (unpaired) electrons. The minimum absolute atomic E-state index is 0.0130. The van der Waals surface area contributed by atoms with Crippen LogP contribution in [0, 0.1) is 33.0 Å². The summed E-state index contributed by atoms with van der Waals surface area (Å²) in [5.74, 6) is -10.0. The van der Waals surface area contributed by atoms with E-state index >= 15 is 0 Å². The van der Waals surface area contributed by atoms with Gasteiger partial charge in [-0.1, -0.05) is 13.3 Å². The summed E-state index contributed by atoms with van der Waals surface area (Å²) in [6.45, 7) is 2.57. The van der Waals surface area contributed by atoms with Crippen LogP contribution >= 0.6 is 0 Å². The van der Waals surface area contributed by atoms with Crippen LogP contribution in [0.15, 0.2) is 4.99 Å². The van der Waals surface area contributed by atoms with Crippen LogP contribution in [0.5, 0.6) is 0 Å². The van der Waals surface area contributed by atoms with Crippen molar-refractivity contribution < 1.29 is 43.5 Å². The van der Waals surface area contributed by atoms with Gasteiger partial charge in [0, 0.05) is 45.1 Å². The number of rotatable bonds is 39. The summed E-state index contributed by atoms with van der Waals surface area (Å²) >= 11 is 0. The number of primary amides is 1. The monoisotopic (exact) mass is 1050 g/mol. The number of carboxylic acid groups (broad SMARTS) is 1. The molecule has 0 fully saturated rings. The van der Waals surface area contributed by atoms with Gasteiger partial charge in [-0.2, -0.15) is 0 Å². The molecule has 0 saturated heterocycles. The number of carbonyl (C=O) groups is 8. The molecule has 0 spiro atoms. The summed E-state index contributed by atoms with van der Waals surface area (Å²) in [5, 5.41) is 72.5. The molecule has 0 aromatic carbocycles. The minimum Gasteiger partial charge on any atom is -0.481 e. The number of guanidine groups is 5. The largest absolute Gasteiger partial charge is 0.481 e. The lowest BCUT2D eigenvalue weighted by atomic mass is 10.0. The summed E-state index contributed by atoms with van der Waals surface area (Å²) in [6.07, 6.45) is 0.715. The molecule has 0 heterocycles. The zero-order valence-corrected chi connectivity index (χ0v) is 42.0. The number of nitrogens with zero attached hydrogens (tertiary/aromatic N) is 1. The smallest absolute Gasteiger partial charge is 0.303 e. The zero-order valence-electron chi connectivity index (χ0n) is 42.0. The van der Waals surface area contributed by atoms with Crippen molar-refractivity contribution in [3.05, 3.63) is 0 Å². The molecule has 0 aromatic rings. The molecular weight excluding hydrogens is 971 g/mol. The Balaban J connectivity index is 7.11. The summed E-state index contributed by atoms with van der Waals surface area (Å²) in [4.78, 5) is 112. The zero-order chi connectivity index (χ0) is 56.2. The number of aliphatic imine (C=N–C) groups is 1. The molecule has 418 valence electrons. The fourth-order valence-electron chi connectivity index (χ4n) is 6.75. The number of carboxylic acids is 1. The number of hydrogen-bond donors (Lipinski definition) is 23. The lowest BCUT2D eigenvalue weighted by molar-refractivity contribution is -0.137. The van der Waals surface area contributed by atoms with Crippen molar-refractivity contribution in [2.75, 3.05) is 39.3 Å². The summed E-state index contributed by atoms with van der Waals surface area (Å²) < 4.78 is 0. The van der Waals surface area contributed by atoms with E-state index in [4.69, 9.17) is 67.2 Å². The van der Waals surface area contributed by atoms with E-state index in [2.05, 4.69) is 58.2 Å². The lowest BCUT2D eigenvalue weighted by Gasteiger charge is -2.25. The maximum absolute atomic E-state index is 14.1. The molecule has 32 heteroatoms. The molecule has 0 aliphatic heterocycles. The quantitative estimate of drug-likeness (QED) is 0.0155. The fraction of sp³-hybridized carbons (Fsp3) is 0.667. The van der Waals surface area contributed by atoms with Crippen molar-refractivity contribution in [2.24, 2.45) is 51.0 Å². The second-order valence-corrected chi connectivity index (χ2v) is 17.1. The number of nitrogens with one attached hydrogen (secondary N) is 15. The average Bonchev–Trinajstić information content (AvgIpc) is 3.31. The van der Waals surface area contributed by atoms with Crippen LogP contribution in [-0.4, -0.2) is 157 Å². The highest BCUT2D eigenvalue weighted by molar-refractivity contribution is 6.41. The maximum Gasteiger partial charge on any atom is 0.303 e. The van der Waals surface area contributed by atoms with Crippen LogP contribution in [0.4, 0.5) is 0 Å². The van der Waals surface area contributed by atoms with Crippen LogP contribution in [-0.2, 0) is 38.4 Å². The first kappa shape index (κ1) is 65.9. The topological polar surface area (TPSA) is 591 Å². The molecular formula is C42H81N23O9. The van der Waals surface area contributed by atoms with Crippen molar-refractivity contribution in [3.63, 3.8) is 0 Å². The molecule has 30 N–H and O–H groups in total. The third-order valence-corrected chi connectivity index (χ3v) is 10.7. The van der Waals surface area contributed by atoms with Crippen LogP contribution in [0.2, 0.25) is 0 Å². The number of amides is 7. The van der Waals surface area contributed by atoms with E-state index < -0.39 is 108 Å². The van der Waals surface area contributed by atoms with Crippen LogP contribution in [0.1, 0.15) is 103 Å². The van der Waals surface area contributed by atoms with Gasteiger partial charge in [-0.05, 0) is 83.6 Å². The molecule has 0 bridgehead atoms. The molecule has 0 aliphatic rings. The Morgan fingerprint density at radius 2 is 0.784 bits per heavy atom. The molecule has 0 rings (SSSR count). The van der Waals surface area contributed by atoms with Crippen molar-refractivity contribution in [3.8, 4) is 0 Å². The summed E-state index contributed by atoms with van der Waals surface area (Å²) in [7, 11) is 0. The number of hydrogen-bond acceptors (Lipinski definition) is 14. The highest BCUT2D eigenvalue weighted by Gasteiger charge is 2.32. The first-order chi connectivity index (χ1) is 34.9. The van der Waals surface area contributed by atoms with Crippen molar-refractivity contribution in [1.82, 2.24) is 53.2 Å². The predicted molar refractivity (Wildman–Crippen MR) is 276 cm³/mol. The molecule has 32 nitrogen and oxygen atoms in total. The van der Waals surface area contributed by atoms with E-state index in [9.17, 15) is 43.5 Å². The molecule has 6 atom stereocenters. The first-order valence-corrected chi connectivity index (χ1v) is 24.1. The van der Waals surface area contributed by atoms with Gasteiger partial charge >= 0.3 is 5.97 Å². The van der Waals surface area contributed by atoms with Crippen molar-refractivity contribution in [1.29, 1.82) is 27.0 Å². The van der Waals surface area contributed by atoms with E-state index in [1.807, 2.05) is 0 Å². The molecule has 74 heavy (non-hydrogen) atoms. The van der Waals surface area contributed by atoms with Gasteiger partial charge in [-0.25, -0.2) is 4.99 Å².